The minimum absolute atomic E-state index is 0.103. The van der Waals surface area contributed by atoms with Crippen LogP contribution in [0.3, 0.4) is 0 Å². The van der Waals surface area contributed by atoms with E-state index >= 15 is 0 Å². The number of aliphatic hydroxyl groups is 1. The predicted octanol–water partition coefficient (Wildman–Crippen LogP) is -0.0149. The van der Waals surface area contributed by atoms with Gasteiger partial charge in [0.25, 0.3) is 5.92 Å². The number of aliphatic carboxylic acids is 1. The third-order valence-electron chi connectivity index (χ3n) is 1.57. The SMILES string of the molecule is O=C(O)CCCC(=O)NCC(F)(F)CO. The van der Waals surface area contributed by atoms with Gasteiger partial charge in [0.1, 0.15) is 6.61 Å². The molecule has 0 aromatic carbocycles. The number of halogens is 2. The maximum atomic E-state index is 12.4. The van der Waals surface area contributed by atoms with Gasteiger partial charge in [-0.2, -0.15) is 0 Å². The average Bonchev–Trinajstić information content (AvgIpc) is 2.14. The van der Waals surface area contributed by atoms with Crippen LogP contribution in [0.4, 0.5) is 8.78 Å². The summed E-state index contributed by atoms with van der Waals surface area (Å²) in [7, 11) is 0. The highest BCUT2D eigenvalue weighted by molar-refractivity contribution is 5.76. The van der Waals surface area contributed by atoms with Crippen molar-refractivity contribution in [1.29, 1.82) is 0 Å². The molecule has 88 valence electrons. The number of carbonyl (C=O) groups is 2. The Kier molecular flexibility index (Phi) is 5.76. The van der Waals surface area contributed by atoms with Crippen molar-refractivity contribution in [3.8, 4) is 0 Å². The van der Waals surface area contributed by atoms with Crippen molar-refractivity contribution in [3.63, 3.8) is 0 Å². The van der Waals surface area contributed by atoms with Crippen molar-refractivity contribution in [2.75, 3.05) is 13.2 Å². The van der Waals surface area contributed by atoms with E-state index in [1.807, 2.05) is 5.32 Å². The summed E-state index contributed by atoms with van der Waals surface area (Å²) in [6.07, 6.45) is -0.191. The van der Waals surface area contributed by atoms with E-state index in [2.05, 4.69) is 0 Å². The van der Waals surface area contributed by atoms with Crippen molar-refractivity contribution in [1.82, 2.24) is 5.32 Å². The molecule has 0 aromatic heterocycles. The zero-order valence-electron chi connectivity index (χ0n) is 8.00. The van der Waals surface area contributed by atoms with Gasteiger partial charge in [-0.15, -0.1) is 0 Å². The number of carbonyl (C=O) groups excluding carboxylic acids is 1. The first-order valence-corrected chi connectivity index (χ1v) is 4.34. The molecule has 0 unspecified atom stereocenters. The first kappa shape index (κ1) is 13.8. The first-order valence-electron chi connectivity index (χ1n) is 4.34. The van der Waals surface area contributed by atoms with Crippen LogP contribution in [0.25, 0.3) is 0 Å². The molecule has 5 nitrogen and oxygen atoms in total. The normalized spacial score (nSPS) is 11.1. The monoisotopic (exact) mass is 225 g/mol. The van der Waals surface area contributed by atoms with Gasteiger partial charge in [-0.3, -0.25) is 9.59 Å². The molecule has 0 aliphatic heterocycles. The molecule has 0 spiro atoms. The van der Waals surface area contributed by atoms with E-state index in [0.717, 1.165) is 0 Å². The van der Waals surface area contributed by atoms with Crippen LogP contribution in [0.2, 0.25) is 0 Å². The maximum Gasteiger partial charge on any atom is 0.303 e. The number of carboxylic acid groups (broad SMARTS) is 1. The number of amides is 1. The average molecular weight is 225 g/mol. The van der Waals surface area contributed by atoms with E-state index in [9.17, 15) is 18.4 Å². The Morgan fingerprint density at radius 1 is 1.27 bits per heavy atom. The van der Waals surface area contributed by atoms with Crippen LogP contribution in [-0.4, -0.2) is 41.2 Å². The summed E-state index contributed by atoms with van der Waals surface area (Å²) in [5, 5.41) is 18.3. The lowest BCUT2D eigenvalue weighted by molar-refractivity contribution is -0.137. The molecule has 0 saturated carbocycles. The van der Waals surface area contributed by atoms with Gasteiger partial charge < -0.3 is 15.5 Å². The molecule has 0 heterocycles. The van der Waals surface area contributed by atoms with Gasteiger partial charge >= 0.3 is 5.97 Å². The fourth-order valence-corrected chi connectivity index (χ4v) is 0.772. The summed E-state index contributed by atoms with van der Waals surface area (Å²) >= 11 is 0. The Hall–Kier alpha value is -1.24. The van der Waals surface area contributed by atoms with E-state index in [0.29, 0.717) is 0 Å². The summed E-state index contributed by atoms with van der Waals surface area (Å²) in [4.78, 5) is 20.9. The van der Waals surface area contributed by atoms with Crippen LogP contribution in [0.5, 0.6) is 0 Å². The molecular weight excluding hydrogens is 212 g/mol. The Morgan fingerprint density at radius 3 is 2.33 bits per heavy atom. The van der Waals surface area contributed by atoms with E-state index in [1.165, 1.54) is 0 Å². The number of aliphatic hydroxyl groups excluding tert-OH is 1. The molecule has 0 rings (SSSR count). The minimum atomic E-state index is -3.33. The molecule has 0 bridgehead atoms. The molecule has 0 radical (unpaired) electrons. The summed E-state index contributed by atoms with van der Waals surface area (Å²) in [6.45, 7) is -2.27. The molecule has 3 N–H and O–H groups in total. The van der Waals surface area contributed by atoms with E-state index < -0.39 is 31.0 Å². The van der Waals surface area contributed by atoms with E-state index in [1.54, 1.807) is 0 Å². The first-order chi connectivity index (χ1) is 6.87. The highest BCUT2D eigenvalue weighted by atomic mass is 19.3. The fraction of sp³-hybridized carbons (Fsp3) is 0.750. The molecule has 15 heavy (non-hydrogen) atoms. The number of hydrogen-bond acceptors (Lipinski definition) is 3. The summed E-state index contributed by atoms with van der Waals surface area (Å²) < 4.78 is 24.8. The van der Waals surface area contributed by atoms with Gasteiger partial charge in [0.2, 0.25) is 5.91 Å². The third-order valence-corrected chi connectivity index (χ3v) is 1.57. The molecule has 0 fully saturated rings. The maximum absolute atomic E-state index is 12.4. The molecule has 0 aliphatic rings. The molecule has 0 aromatic rings. The molecule has 1 amide bonds. The molecule has 0 aliphatic carbocycles. The van der Waals surface area contributed by atoms with Crippen molar-refractivity contribution < 1.29 is 28.6 Å². The second-order valence-electron chi connectivity index (χ2n) is 3.04. The number of rotatable bonds is 7. The van der Waals surface area contributed by atoms with Crippen molar-refractivity contribution in [3.05, 3.63) is 0 Å². The third kappa shape index (κ3) is 7.80. The van der Waals surface area contributed by atoms with Gasteiger partial charge in [-0.05, 0) is 6.42 Å². The van der Waals surface area contributed by atoms with Crippen molar-refractivity contribution in [2.45, 2.75) is 25.2 Å². The quantitative estimate of drug-likeness (QED) is 0.568. The minimum Gasteiger partial charge on any atom is -0.481 e. The zero-order valence-corrected chi connectivity index (χ0v) is 8.00. The van der Waals surface area contributed by atoms with Gasteiger partial charge in [-0.1, -0.05) is 0 Å². The highest BCUT2D eigenvalue weighted by Gasteiger charge is 2.27. The summed E-state index contributed by atoms with van der Waals surface area (Å²) in [5.41, 5.74) is 0. The number of nitrogens with one attached hydrogen (secondary N) is 1. The van der Waals surface area contributed by atoms with Crippen LogP contribution in [-0.2, 0) is 9.59 Å². The lowest BCUT2D eigenvalue weighted by atomic mass is 10.2. The second kappa shape index (κ2) is 6.28. The molecule has 7 heteroatoms. The second-order valence-corrected chi connectivity index (χ2v) is 3.04. The smallest absolute Gasteiger partial charge is 0.303 e. The number of hydrogen-bond donors (Lipinski definition) is 3. The Labute approximate surface area is 85.1 Å². The molecule has 0 saturated heterocycles. The molecular formula is C8H13F2NO4. The van der Waals surface area contributed by atoms with E-state index in [4.69, 9.17) is 10.2 Å². The van der Waals surface area contributed by atoms with Crippen LogP contribution < -0.4 is 5.32 Å². The van der Waals surface area contributed by atoms with Crippen LogP contribution in [0, 0.1) is 0 Å². The van der Waals surface area contributed by atoms with Gasteiger partial charge in [0.05, 0.1) is 6.54 Å². The Balaban J connectivity index is 3.62. The van der Waals surface area contributed by atoms with Crippen LogP contribution in [0.1, 0.15) is 19.3 Å². The van der Waals surface area contributed by atoms with Crippen molar-refractivity contribution >= 4 is 11.9 Å². The summed E-state index contributed by atoms with van der Waals surface area (Å²) in [6, 6.07) is 0. The number of carboxylic acids is 1. The van der Waals surface area contributed by atoms with Crippen molar-refractivity contribution in [2.24, 2.45) is 0 Å². The van der Waals surface area contributed by atoms with Crippen LogP contribution >= 0.6 is 0 Å². The fourth-order valence-electron chi connectivity index (χ4n) is 0.772. The summed E-state index contributed by atoms with van der Waals surface area (Å²) in [5.74, 6) is -5.02. The van der Waals surface area contributed by atoms with Crippen LogP contribution in [0.15, 0.2) is 0 Å². The molecule has 0 atom stereocenters. The highest BCUT2D eigenvalue weighted by Crippen LogP contribution is 2.09. The topological polar surface area (TPSA) is 86.6 Å². The predicted molar refractivity (Wildman–Crippen MR) is 46.5 cm³/mol. The largest absolute Gasteiger partial charge is 0.481 e. The van der Waals surface area contributed by atoms with Gasteiger partial charge in [0, 0.05) is 12.8 Å². The Bertz CT molecular complexity index is 233. The van der Waals surface area contributed by atoms with Gasteiger partial charge in [0.15, 0.2) is 0 Å². The number of alkyl halides is 2. The Morgan fingerprint density at radius 2 is 1.87 bits per heavy atom. The van der Waals surface area contributed by atoms with Gasteiger partial charge in [-0.25, -0.2) is 8.78 Å². The zero-order chi connectivity index (χ0) is 11.9. The van der Waals surface area contributed by atoms with E-state index in [-0.39, 0.29) is 19.3 Å². The lowest BCUT2D eigenvalue weighted by Gasteiger charge is -2.13. The standard InChI is InChI=1S/C8H13F2NO4/c9-8(10,5-12)4-11-6(13)2-1-3-7(14)15/h12H,1-5H2,(H,11,13)(H,14,15). The lowest BCUT2D eigenvalue weighted by Crippen LogP contribution is -2.38.